The highest BCUT2D eigenvalue weighted by Crippen LogP contribution is 2.27. The molecule has 1 saturated carbocycles. The van der Waals surface area contributed by atoms with Crippen LogP contribution in [0.2, 0.25) is 0 Å². The van der Waals surface area contributed by atoms with Gasteiger partial charge in [-0.25, -0.2) is 0 Å². The molecule has 0 bridgehead atoms. The number of piperidine rings is 1. The van der Waals surface area contributed by atoms with Gasteiger partial charge in [0.15, 0.2) is 0 Å². The molecule has 6 nitrogen and oxygen atoms in total. The topological polar surface area (TPSA) is 92.9 Å². The number of hydrogen-bond acceptors (Lipinski definition) is 4. The summed E-state index contributed by atoms with van der Waals surface area (Å²) in [5.74, 6) is 0.0808. The summed E-state index contributed by atoms with van der Waals surface area (Å²) >= 11 is 0. The molecule has 2 aliphatic rings. The van der Waals surface area contributed by atoms with E-state index in [1.807, 2.05) is 12.1 Å². The van der Waals surface area contributed by atoms with Crippen molar-refractivity contribution in [3.8, 4) is 5.75 Å². The van der Waals surface area contributed by atoms with Gasteiger partial charge in [-0.05, 0) is 56.4 Å². The van der Waals surface area contributed by atoms with E-state index in [0.29, 0.717) is 31.1 Å². The number of β-amino-alcohol motifs (C(OH)–C–C–N with tert-alkyl or cyclic N) is 1. The number of likely N-dealkylation sites (tertiary alicyclic amines) is 1. The zero-order valence-corrected chi connectivity index (χ0v) is 13.7. The van der Waals surface area contributed by atoms with Gasteiger partial charge in [0.1, 0.15) is 5.75 Å². The van der Waals surface area contributed by atoms with Crippen molar-refractivity contribution in [2.24, 2.45) is 5.73 Å². The molecular weight excluding hydrogens is 308 g/mol. The lowest BCUT2D eigenvalue weighted by Crippen LogP contribution is -2.51. The average molecular weight is 332 g/mol. The van der Waals surface area contributed by atoms with Gasteiger partial charge < -0.3 is 20.5 Å². The standard InChI is InChI=1S/C18H24N2O4/c19-16(21)11-18(23)9-2-10-20(12-18)17(22)13-5-7-15(8-6-13)24-14-3-1-4-14/h5-8,14,23H,1-4,9-12H2,(H2,19,21). The summed E-state index contributed by atoms with van der Waals surface area (Å²) in [4.78, 5) is 25.3. The Bertz CT molecular complexity index is 612. The number of primary amides is 1. The molecule has 1 aliphatic heterocycles. The second-order valence-electron chi connectivity index (χ2n) is 6.89. The molecule has 24 heavy (non-hydrogen) atoms. The molecule has 3 N–H and O–H groups in total. The minimum absolute atomic E-state index is 0.120. The van der Waals surface area contributed by atoms with Crippen LogP contribution in [0.5, 0.6) is 5.75 Å². The lowest BCUT2D eigenvalue weighted by molar-refractivity contribution is -0.125. The fourth-order valence-electron chi connectivity index (χ4n) is 3.29. The van der Waals surface area contributed by atoms with Crippen LogP contribution in [0.1, 0.15) is 48.9 Å². The second-order valence-corrected chi connectivity index (χ2v) is 6.89. The fraction of sp³-hybridized carbons (Fsp3) is 0.556. The highest BCUT2D eigenvalue weighted by atomic mass is 16.5. The van der Waals surface area contributed by atoms with E-state index in [9.17, 15) is 14.7 Å². The monoisotopic (exact) mass is 332 g/mol. The normalized spacial score (nSPS) is 24.3. The zero-order valence-electron chi connectivity index (χ0n) is 13.7. The van der Waals surface area contributed by atoms with E-state index < -0.39 is 11.5 Å². The molecule has 130 valence electrons. The summed E-state index contributed by atoms with van der Waals surface area (Å²) in [5.41, 5.74) is 4.54. The molecule has 1 aromatic rings. The third-order valence-electron chi connectivity index (χ3n) is 4.80. The van der Waals surface area contributed by atoms with Gasteiger partial charge in [-0.2, -0.15) is 0 Å². The molecule has 1 saturated heterocycles. The first-order valence-electron chi connectivity index (χ1n) is 8.52. The van der Waals surface area contributed by atoms with Gasteiger partial charge >= 0.3 is 0 Å². The number of aliphatic hydroxyl groups is 1. The van der Waals surface area contributed by atoms with E-state index in [1.54, 1.807) is 17.0 Å². The number of carbonyl (C=O) groups is 2. The Morgan fingerprint density at radius 1 is 1.25 bits per heavy atom. The Hall–Kier alpha value is -2.08. The SMILES string of the molecule is NC(=O)CC1(O)CCCN(C(=O)c2ccc(OC3CCC3)cc2)C1. The Kier molecular flexibility index (Phi) is 4.76. The first-order chi connectivity index (χ1) is 11.5. The van der Waals surface area contributed by atoms with Gasteiger partial charge in [0, 0.05) is 12.1 Å². The molecule has 0 spiro atoms. The van der Waals surface area contributed by atoms with Gasteiger partial charge in [0.05, 0.1) is 24.7 Å². The van der Waals surface area contributed by atoms with Crippen molar-refractivity contribution < 1.29 is 19.4 Å². The minimum Gasteiger partial charge on any atom is -0.490 e. The van der Waals surface area contributed by atoms with Crippen LogP contribution in [-0.2, 0) is 4.79 Å². The quantitative estimate of drug-likeness (QED) is 0.854. The molecule has 1 heterocycles. The average Bonchev–Trinajstić information content (AvgIpc) is 2.49. The third kappa shape index (κ3) is 3.87. The van der Waals surface area contributed by atoms with Crippen molar-refractivity contribution in [3.63, 3.8) is 0 Å². The van der Waals surface area contributed by atoms with Crippen LogP contribution in [0.25, 0.3) is 0 Å². The summed E-state index contributed by atoms with van der Waals surface area (Å²) in [6, 6.07) is 7.12. The van der Waals surface area contributed by atoms with Crippen LogP contribution < -0.4 is 10.5 Å². The van der Waals surface area contributed by atoms with Crippen molar-refractivity contribution in [1.29, 1.82) is 0 Å². The lowest BCUT2D eigenvalue weighted by Gasteiger charge is -2.38. The number of rotatable bonds is 5. The second kappa shape index (κ2) is 6.81. The maximum atomic E-state index is 12.6. The van der Waals surface area contributed by atoms with Gasteiger partial charge in [0.2, 0.25) is 5.91 Å². The maximum absolute atomic E-state index is 12.6. The number of nitrogens with zero attached hydrogens (tertiary/aromatic N) is 1. The van der Waals surface area contributed by atoms with Crippen LogP contribution in [0.3, 0.4) is 0 Å². The van der Waals surface area contributed by atoms with Crippen molar-refractivity contribution in [3.05, 3.63) is 29.8 Å². The maximum Gasteiger partial charge on any atom is 0.253 e. The molecule has 1 unspecified atom stereocenters. The molecular formula is C18H24N2O4. The van der Waals surface area contributed by atoms with Gasteiger partial charge in [-0.1, -0.05) is 0 Å². The van der Waals surface area contributed by atoms with Gasteiger partial charge in [-0.3, -0.25) is 9.59 Å². The third-order valence-corrected chi connectivity index (χ3v) is 4.80. The van der Waals surface area contributed by atoms with Crippen molar-refractivity contribution in [2.75, 3.05) is 13.1 Å². The molecule has 0 radical (unpaired) electrons. The Labute approximate surface area is 141 Å². The lowest BCUT2D eigenvalue weighted by atomic mass is 9.89. The van der Waals surface area contributed by atoms with Crippen LogP contribution in [0.15, 0.2) is 24.3 Å². The highest BCUT2D eigenvalue weighted by Gasteiger charge is 2.36. The van der Waals surface area contributed by atoms with Crippen LogP contribution in [0, 0.1) is 0 Å². The Balaban J connectivity index is 1.63. The number of ether oxygens (including phenoxy) is 1. The summed E-state index contributed by atoms with van der Waals surface area (Å²) < 4.78 is 5.79. The van der Waals surface area contributed by atoms with Gasteiger partial charge in [0.25, 0.3) is 5.91 Å². The van der Waals surface area contributed by atoms with E-state index >= 15 is 0 Å². The molecule has 1 aliphatic carbocycles. The summed E-state index contributed by atoms with van der Waals surface area (Å²) in [7, 11) is 0. The van der Waals surface area contributed by atoms with E-state index in [-0.39, 0.29) is 18.9 Å². The number of carbonyl (C=O) groups excluding carboxylic acids is 2. The summed E-state index contributed by atoms with van der Waals surface area (Å²) in [6.07, 6.45) is 4.71. The first kappa shape index (κ1) is 16.8. The molecule has 1 atom stereocenters. The number of benzene rings is 1. The van der Waals surface area contributed by atoms with Crippen LogP contribution in [0.4, 0.5) is 0 Å². The molecule has 3 rings (SSSR count). The summed E-state index contributed by atoms with van der Waals surface area (Å²) in [5, 5.41) is 10.5. The predicted molar refractivity (Wildman–Crippen MR) is 88.6 cm³/mol. The highest BCUT2D eigenvalue weighted by molar-refractivity contribution is 5.94. The minimum atomic E-state index is -1.22. The van der Waals surface area contributed by atoms with Crippen LogP contribution >= 0.6 is 0 Å². The van der Waals surface area contributed by atoms with Crippen molar-refractivity contribution in [2.45, 2.75) is 50.2 Å². The van der Waals surface area contributed by atoms with E-state index in [1.165, 1.54) is 6.42 Å². The summed E-state index contributed by atoms with van der Waals surface area (Å²) in [6.45, 7) is 0.704. The largest absolute Gasteiger partial charge is 0.490 e. The first-order valence-corrected chi connectivity index (χ1v) is 8.52. The van der Waals surface area contributed by atoms with Crippen molar-refractivity contribution >= 4 is 11.8 Å². The van der Waals surface area contributed by atoms with E-state index in [2.05, 4.69) is 0 Å². The molecule has 2 fully saturated rings. The fourth-order valence-corrected chi connectivity index (χ4v) is 3.29. The molecule has 2 amide bonds. The molecule has 6 heteroatoms. The predicted octanol–water partition coefficient (Wildman–Crippen LogP) is 1.46. The van der Waals surface area contributed by atoms with Crippen molar-refractivity contribution in [1.82, 2.24) is 4.90 Å². The Morgan fingerprint density at radius 3 is 2.54 bits per heavy atom. The van der Waals surface area contributed by atoms with Crippen LogP contribution in [-0.4, -0.2) is 46.6 Å². The smallest absolute Gasteiger partial charge is 0.253 e. The van der Waals surface area contributed by atoms with Gasteiger partial charge in [-0.15, -0.1) is 0 Å². The molecule has 0 aromatic heterocycles. The number of amides is 2. The Morgan fingerprint density at radius 2 is 1.96 bits per heavy atom. The number of hydrogen-bond donors (Lipinski definition) is 2. The molecule has 1 aromatic carbocycles. The van der Waals surface area contributed by atoms with E-state index in [0.717, 1.165) is 18.6 Å². The zero-order chi connectivity index (χ0) is 17.2. The van der Waals surface area contributed by atoms with E-state index in [4.69, 9.17) is 10.5 Å². The number of nitrogens with two attached hydrogens (primary N) is 1.